The summed E-state index contributed by atoms with van der Waals surface area (Å²) in [5.41, 5.74) is 5.25. The number of hydrogen-bond acceptors (Lipinski definition) is 9. The van der Waals surface area contributed by atoms with Crippen LogP contribution >= 0.6 is 11.3 Å². The van der Waals surface area contributed by atoms with Crippen LogP contribution < -0.4 is 24.3 Å². The van der Waals surface area contributed by atoms with Crippen molar-refractivity contribution in [2.45, 2.75) is 70.7 Å². The van der Waals surface area contributed by atoms with Crippen molar-refractivity contribution in [3.05, 3.63) is 138 Å². The van der Waals surface area contributed by atoms with Crippen molar-refractivity contribution in [2.24, 2.45) is 5.41 Å². The van der Waals surface area contributed by atoms with Gasteiger partial charge in [0.05, 0.1) is 11.0 Å². The van der Waals surface area contributed by atoms with Crippen molar-refractivity contribution in [1.29, 1.82) is 0 Å². The first-order valence-corrected chi connectivity index (χ1v) is 22.4. The number of likely N-dealkylation sites (tertiary alicyclic amines) is 1. The summed E-state index contributed by atoms with van der Waals surface area (Å²) in [6.45, 7) is 6.53. The molecule has 1 spiro atoms. The third kappa shape index (κ3) is 8.39. The van der Waals surface area contributed by atoms with Gasteiger partial charge in [0, 0.05) is 35.2 Å². The molecule has 10 rings (SSSR count). The summed E-state index contributed by atoms with van der Waals surface area (Å²) in [7, 11) is 0. The summed E-state index contributed by atoms with van der Waals surface area (Å²) >= 11 is 1.71. The SMILES string of the molecule is Cc1ccc(-c2sc3cc(OCc4ccccc4)ccc3c2Oc2ccc(OCCN3CCC4(CC3)CC(Oc3ccc5c(c3)CN([C@H]3CCC(=O)NC3=O)C5=O)C4)cc2)cc1. The number of fused-ring (bicyclic) bond motifs is 2. The van der Waals surface area contributed by atoms with Gasteiger partial charge in [-0.15, -0.1) is 11.3 Å². The summed E-state index contributed by atoms with van der Waals surface area (Å²) in [5, 5.41) is 3.41. The molecule has 1 aromatic heterocycles. The van der Waals surface area contributed by atoms with Gasteiger partial charge in [0.15, 0.2) is 5.75 Å². The van der Waals surface area contributed by atoms with Crippen molar-refractivity contribution in [2.75, 3.05) is 26.2 Å². The number of aryl methyl sites for hydroxylation is 1. The second-order valence-electron chi connectivity index (χ2n) is 17.2. The highest BCUT2D eigenvalue weighted by Gasteiger charge is 2.47. The third-order valence-corrected chi connectivity index (χ3v) is 14.1. The van der Waals surface area contributed by atoms with E-state index < -0.39 is 11.9 Å². The number of hydrogen-bond donors (Lipinski definition) is 1. The second kappa shape index (κ2) is 16.9. The van der Waals surface area contributed by atoms with Gasteiger partial charge in [0.25, 0.3) is 5.91 Å². The van der Waals surface area contributed by atoms with Crippen LogP contribution in [0.3, 0.4) is 0 Å². The number of amides is 3. The van der Waals surface area contributed by atoms with E-state index in [1.54, 1.807) is 16.2 Å². The Morgan fingerprint density at radius 1 is 0.790 bits per heavy atom. The first kappa shape index (κ1) is 39.9. The van der Waals surface area contributed by atoms with Crippen molar-refractivity contribution < 1.29 is 33.3 Å². The van der Waals surface area contributed by atoms with Crippen molar-refractivity contribution in [3.8, 4) is 39.2 Å². The van der Waals surface area contributed by atoms with Crippen LogP contribution in [0.2, 0.25) is 0 Å². The van der Waals surface area contributed by atoms with Crippen LogP contribution in [-0.2, 0) is 22.7 Å². The lowest BCUT2D eigenvalue weighted by Crippen LogP contribution is -2.52. The molecule has 62 heavy (non-hydrogen) atoms. The maximum absolute atomic E-state index is 13.1. The molecule has 4 aliphatic rings. The highest BCUT2D eigenvalue weighted by Crippen LogP contribution is 2.51. The lowest BCUT2D eigenvalue weighted by atomic mass is 9.61. The Morgan fingerprint density at radius 3 is 2.31 bits per heavy atom. The van der Waals surface area contributed by atoms with Gasteiger partial charge >= 0.3 is 0 Å². The third-order valence-electron chi connectivity index (χ3n) is 12.9. The lowest BCUT2D eigenvalue weighted by molar-refractivity contribution is -0.136. The summed E-state index contributed by atoms with van der Waals surface area (Å²) in [6.07, 6.45) is 5.09. The van der Waals surface area contributed by atoms with Gasteiger partial charge in [-0.25, -0.2) is 0 Å². The topological polar surface area (TPSA) is 107 Å². The zero-order chi connectivity index (χ0) is 42.2. The normalized spacial score (nSPS) is 18.7. The molecule has 3 fully saturated rings. The molecule has 2 saturated heterocycles. The Hall–Kier alpha value is -6.17. The average Bonchev–Trinajstić information content (AvgIpc) is 3.80. The smallest absolute Gasteiger partial charge is 0.255 e. The molecule has 0 unspecified atom stereocenters. The van der Waals surface area contributed by atoms with Gasteiger partial charge in [-0.3, -0.25) is 24.6 Å². The minimum absolute atomic E-state index is 0.156. The largest absolute Gasteiger partial charge is 0.492 e. The Labute approximate surface area is 365 Å². The Bertz CT molecular complexity index is 2610. The number of carbonyl (C=O) groups is 3. The maximum Gasteiger partial charge on any atom is 0.255 e. The summed E-state index contributed by atoms with van der Waals surface area (Å²) in [5.74, 6) is 3.15. The number of imide groups is 1. The number of piperidine rings is 2. The van der Waals surface area contributed by atoms with Crippen LogP contribution in [0.15, 0.2) is 115 Å². The molecule has 5 aromatic carbocycles. The van der Waals surface area contributed by atoms with Crippen LogP contribution in [-0.4, -0.2) is 65.9 Å². The lowest BCUT2D eigenvalue weighted by Gasteiger charge is -2.51. The van der Waals surface area contributed by atoms with E-state index in [9.17, 15) is 14.4 Å². The fraction of sp³-hybridized carbons (Fsp3) is 0.314. The van der Waals surface area contributed by atoms with Gasteiger partial charge < -0.3 is 23.8 Å². The zero-order valence-corrected chi connectivity index (χ0v) is 35.6. The fourth-order valence-corrected chi connectivity index (χ4v) is 10.5. The molecule has 1 atom stereocenters. The molecule has 316 valence electrons. The van der Waals surface area contributed by atoms with Crippen LogP contribution in [0.5, 0.6) is 28.7 Å². The van der Waals surface area contributed by atoms with E-state index in [1.807, 2.05) is 66.7 Å². The number of nitrogens with one attached hydrogen (secondary N) is 1. The molecule has 1 aliphatic carbocycles. The Morgan fingerprint density at radius 2 is 1.53 bits per heavy atom. The minimum Gasteiger partial charge on any atom is -0.492 e. The molecule has 11 heteroatoms. The van der Waals surface area contributed by atoms with E-state index >= 15 is 0 Å². The molecule has 1 N–H and O–H groups in total. The van der Waals surface area contributed by atoms with Gasteiger partial charge in [0.2, 0.25) is 11.8 Å². The van der Waals surface area contributed by atoms with Crippen LogP contribution in [0.25, 0.3) is 20.5 Å². The molecule has 0 radical (unpaired) electrons. The average molecular weight is 848 g/mol. The number of carbonyl (C=O) groups excluding carboxylic acids is 3. The summed E-state index contributed by atoms with van der Waals surface area (Å²) in [4.78, 5) is 42.3. The molecule has 10 nitrogen and oxygen atoms in total. The summed E-state index contributed by atoms with van der Waals surface area (Å²) in [6, 6.07) is 37.9. The first-order chi connectivity index (χ1) is 30.2. The van der Waals surface area contributed by atoms with Crippen molar-refractivity contribution in [3.63, 3.8) is 0 Å². The van der Waals surface area contributed by atoms with Gasteiger partial charge in [-0.05, 0) is 135 Å². The predicted molar refractivity (Wildman–Crippen MR) is 239 cm³/mol. The number of ether oxygens (including phenoxy) is 4. The highest BCUT2D eigenvalue weighted by molar-refractivity contribution is 7.22. The van der Waals surface area contributed by atoms with E-state index in [4.69, 9.17) is 18.9 Å². The van der Waals surface area contributed by atoms with E-state index in [-0.39, 0.29) is 24.3 Å². The van der Waals surface area contributed by atoms with E-state index in [0.717, 1.165) is 106 Å². The summed E-state index contributed by atoms with van der Waals surface area (Å²) < 4.78 is 26.6. The number of benzene rings is 5. The molecule has 0 bridgehead atoms. The monoisotopic (exact) mass is 847 g/mol. The molecular weight excluding hydrogens is 799 g/mol. The predicted octanol–water partition coefficient (Wildman–Crippen LogP) is 9.71. The van der Waals surface area contributed by atoms with E-state index in [1.165, 1.54) is 5.56 Å². The molecule has 1 saturated carbocycles. The minimum atomic E-state index is -0.618. The van der Waals surface area contributed by atoms with Crippen LogP contribution in [0.1, 0.15) is 65.6 Å². The molecular formula is C51H49N3O7S. The molecule has 3 aliphatic heterocycles. The van der Waals surface area contributed by atoms with Crippen molar-refractivity contribution >= 4 is 39.1 Å². The van der Waals surface area contributed by atoms with E-state index in [2.05, 4.69) is 65.7 Å². The number of rotatable bonds is 13. The second-order valence-corrected chi connectivity index (χ2v) is 18.2. The molecule has 4 heterocycles. The Balaban J connectivity index is 0.695. The molecule has 6 aromatic rings. The highest BCUT2D eigenvalue weighted by atomic mass is 32.1. The van der Waals surface area contributed by atoms with E-state index in [0.29, 0.717) is 37.2 Å². The molecule has 3 amide bonds. The first-order valence-electron chi connectivity index (χ1n) is 21.6. The number of nitrogens with zero attached hydrogens (tertiary/aromatic N) is 2. The van der Waals surface area contributed by atoms with Gasteiger partial charge in [-0.2, -0.15) is 0 Å². The Kier molecular flexibility index (Phi) is 10.9. The van der Waals surface area contributed by atoms with Gasteiger partial charge in [-0.1, -0.05) is 60.2 Å². The maximum atomic E-state index is 13.1. The van der Waals surface area contributed by atoms with Crippen LogP contribution in [0.4, 0.5) is 0 Å². The fourth-order valence-electron chi connectivity index (χ4n) is 9.36. The van der Waals surface area contributed by atoms with Gasteiger partial charge in [0.1, 0.15) is 42.3 Å². The van der Waals surface area contributed by atoms with Crippen LogP contribution in [0, 0.1) is 12.3 Å². The number of thiophene rings is 1. The standard InChI is InChI=1S/C51H49N3O7S/c1-33-7-9-35(10-8-33)48-47(43-18-15-39(28-45(43)62-48)59-32-34-5-3-2-4-6-34)61-38-13-11-37(12-14-38)58-26-25-53-23-21-51(22-24-53)29-41(30-51)60-40-16-17-42-36(27-40)31-54(50(42)57)44-19-20-46(55)52-49(44)56/h2-18,27-28,41,44H,19-26,29-32H2,1H3,(H,52,55,56)/t44-/m0/s1. The zero-order valence-electron chi connectivity index (χ0n) is 34.8. The van der Waals surface area contributed by atoms with Crippen molar-refractivity contribution in [1.82, 2.24) is 15.1 Å². The quantitative estimate of drug-likeness (QED) is 0.115.